The lowest BCUT2D eigenvalue weighted by molar-refractivity contribution is 0.399. The highest BCUT2D eigenvalue weighted by Crippen LogP contribution is 2.32. The van der Waals surface area contributed by atoms with Gasteiger partial charge in [0.1, 0.15) is 5.75 Å². The molecule has 1 atom stereocenters. The third-order valence-electron chi connectivity index (χ3n) is 2.21. The molecule has 4 heteroatoms. The van der Waals surface area contributed by atoms with Gasteiger partial charge in [0.15, 0.2) is 0 Å². The van der Waals surface area contributed by atoms with E-state index in [0.29, 0.717) is 0 Å². The standard InChI is InChI=1S/C11H16N2OS/c1-3-4-5-6-9(13-12)11-10(14-2)7-8-15-11/h1,7-9,13H,4-6,12H2,2H3. The minimum Gasteiger partial charge on any atom is -0.496 e. The molecule has 82 valence electrons. The average molecular weight is 224 g/mol. The van der Waals surface area contributed by atoms with Gasteiger partial charge in [0.05, 0.1) is 18.0 Å². The van der Waals surface area contributed by atoms with E-state index in [4.69, 9.17) is 17.0 Å². The predicted octanol–water partition coefficient (Wildman–Crippen LogP) is 2.06. The maximum absolute atomic E-state index is 5.52. The number of hydrogen-bond donors (Lipinski definition) is 2. The first-order valence-corrected chi connectivity index (χ1v) is 5.72. The highest BCUT2D eigenvalue weighted by atomic mass is 32.1. The molecule has 0 amide bonds. The van der Waals surface area contributed by atoms with Crippen molar-refractivity contribution in [2.75, 3.05) is 7.11 Å². The second kappa shape index (κ2) is 6.46. The smallest absolute Gasteiger partial charge is 0.134 e. The van der Waals surface area contributed by atoms with Crippen LogP contribution in [0.2, 0.25) is 0 Å². The van der Waals surface area contributed by atoms with Gasteiger partial charge in [-0.05, 0) is 24.3 Å². The third kappa shape index (κ3) is 3.24. The summed E-state index contributed by atoms with van der Waals surface area (Å²) in [7, 11) is 1.67. The Morgan fingerprint density at radius 3 is 3.13 bits per heavy atom. The molecule has 1 rings (SSSR count). The van der Waals surface area contributed by atoms with Gasteiger partial charge < -0.3 is 4.74 Å². The van der Waals surface area contributed by atoms with Gasteiger partial charge in [-0.15, -0.1) is 23.7 Å². The summed E-state index contributed by atoms with van der Waals surface area (Å²) in [6.07, 6.45) is 7.88. The van der Waals surface area contributed by atoms with Crippen LogP contribution in [0.5, 0.6) is 5.75 Å². The van der Waals surface area contributed by atoms with Crippen LogP contribution in [0.25, 0.3) is 0 Å². The third-order valence-corrected chi connectivity index (χ3v) is 3.22. The summed E-state index contributed by atoms with van der Waals surface area (Å²) in [4.78, 5) is 1.14. The van der Waals surface area contributed by atoms with Crippen LogP contribution in [-0.4, -0.2) is 7.11 Å². The van der Waals surface area contributed by atoms with Crippen molar-refractivity contribution >= 4 is 11.3 Å². The van der Waals surface area contributed by atoms with E-state index in [1.807, 2.05) is 11.4 Å². The molecule has 1 aromatic rings. The van der Waals surface area contributed by atoms with Crippen molar-refractivity contribution in [3.05, 3.63) is 16.3 Å². The molecule has 3 nitrogen and oxygen atoms in total. The molecule has 3 N–H and O–H groups in total. The zero-order chi connectivity index (χ0) is 11.1. The summed E-state index contributed by atoms with van der Waals surface area (Å²) in [6.45, 7) is 0. The fourth-order valence-electron chi connectivity index (χ4n) is 1.43. The van der Waals surface area contributed by atoms with Gasteiger partial charge in [-0.2, -0.15) is 0 Å². The van der Waals surface area contributed by atoms with Gasteiger partial charge in [-0.3, -0.25) is 11.3 Å². The maximum Gasteiger partial charge on any atom is 0.134 e. The lowest BCUT2D eigenvalue weighted by Crippen LogP contribution is -2.27. The van der Waals surface area contributed by atoms with Crippen molar-refractivity contribution < 1.29 is 4.74 Å². The van der Waals surface area contributed by atoms with Crippen LogP contribution >= 0.6 is 11.3 Å². The lowest BCUT2D eigenvalue weighted by Gasteiger charge is -2.15. The van der Waals surface area contributed by atoms with E-state index in [-0.39, 0.29) is 6.04 Å². The second-order valence-corrected chi connectivity index (χ2v) is 4.12. The molecule has 1 aromatic heterocycles. The van der Waals surface area contributed by atoms with E-state index in [0.717, 1.165) is 29.9 Å². The van der Waals surface area contributed by atoms with Crippen LogP contribution in [-0.2, 0) is 0 Å². The van der Waals surface area contributed by atoms with E-state index in [1.165, 1.54) is 0 Å². The van der Waals surface area contributed by atoms with Crippen LogP contribution in [0.3, 0.4) is 0 Å². The number of thiophene rings is 1. The largest absolute Gasteiger partial charge is 0.496 e. The highest BCUT2D eigenvalue weighted by molar-refractivity contribution is 7.10. The van der Waals surface area contributed by atoms with Crippen molar-refractivity contribution in [3.63, 3.8) is 0 Å². The van der Waals surface area contributed by atoms with E-state index in [2.05, 4.69) is 11.3 Å². The first kappa shape index (κ1) is 12.1. The topological polar surface area (TPSA) is 47.3 Å². The average Bonchev–Trinajstić information content (AvgIpc) is 2.72. The number of rotatable bonds is 6. The molecule has 0 saturated carbocycles. The fraction of sp³-hybridized carbons (Fsp3) is 0.455. The Balaban J connectivity index is 2.62. The zero-order valence-corrected chi connectivity index (χ0v) is 9.64. The van der Waals surface area contributed by atoms with Gasteiger partial charge in [-0.25, -0.2) is 0 Å². The Bertz CT molecular complexity index is 330. The zero-order valence-electron chi connectivity index (χ0n) is 8.82. The normalized spacial score (nSPS) is 12.1. The fourth-order valence-corrected chi connectivity index (χ4v) is 2.39. The molecule has 0 aliphatic heterocycles. The van der Waals surface area contributed by atoms with Crippen LogP contribution in [0.1, 0.15) is 30.2 Å². The van der Waals surface area contributed by atoms with Crippen molar-refractivity contribution in [2.24, 2.45) is 5.84 Å². The highest BCUT2D eigenvalue weighted by Gasteiger charge is 2.15. The van der Waals surface area contributed by atoms with Crippen LogP contribution in [0.15, 0.2) is 11.4 Å². The summed E-state index contributed by atoms with van der Waals surface area (Å²) in [6, 6.07) is 2.08. The van der Waals surface area contributed by atoms with Crippen molar-refractivity contribution in [1.82, 2.24) is 5.43 Å². The second-order valence-electron chi connectivity index (χ2n) is 3.17. The summed E-state index contributed by atoms with van der Waals surface area (Å²) >= 11 is 1.65. The molecule has 0 aliphatic rings. The quantitative estimate of drug-likeness (QED) is 0.336. The SMILES string of the molecule is C#CCCCC(NN)c1sccc1OC. The minimum atomic E-state index is 0.133. The molecule has 0 aliphatic carbocycles. The minimum absolute atomic E-state index is 0.133. The summed E-state index contributed by atoms with van der Waals surface area (Å²) in [5.74, 6) is 9.04. The number of hydrogen-bond acceptors (Lipinski definition) is 4. The van der Waals surface area contributed by atoms with E-state index >= 15 is 0 Å². The number of unbranched alkanes of at least 4 members (excludes halogenated alkanes) is 1. The Morgan fingerprint density at radius 2 is 2.53 bits per heavy atom. The lowest BCUT2D eigenvalue weighted by atomic mass is 10.1. The Kier molecular flexibility index (Phi) is 5.19. The van der Waals surface area contributed by atoms with Gasteiger partial charge in [0, 0.05) is 6.42 Å². The Morgan fingerprint density at radius 1 is 1.73 bits per heavy atom. The van der Waals surface area contributed by atoms with Crippen LogP contribution < -0.4 is 16.0 Å². The number of terminal acetylenes is 1. The molecule has 0 radical (unpaired) electrons. The monoisotopic (exact) mass is 224 g/mol. The molecular formula is C11H16N2OS. The molecule has 1 unspecified atom stereocenters. The molecule has 0 fully saturated rings. The van der Waals surface area contributed by atoms with Crippen LogP contribution in [0, 0.1) is 12.3 Å². The first-order valence-electron chi connectivity index (χ1n) is 4.84. The Hall–Kier alpha value is -1.02. The van der Waals surface area contributed by atoms with E-state index in [9.17, 15) is 0 Å². The molecular weight excluding hydrogens is 208 g/mol. The van der Waals surface area contributed by atoms with Crippen LogP contribution in [0.4, 0.5) is 0 Å². The number of methoxy groups -OCH3 is 1. The predicted molar refractivity (Wildman–Crippen MR) is 63.6 cm³/mol. The molecule has 0 spiro atoms. The Labute approximate surface area is 94.6 Å². The summed E-state index contributed by atoms with van der Waals surface area (Å²) in [5.41, 5.74) is 2.80. The van der Waals surface area contributed by atoms with Gasteiger partial charge in [0.2, 0.25) is 0 Å². The number of nitrogens with one attached hydrogen (secondary N) is 1. The van der Waals surface area contributed by atoms with Crippen molar-refractivity contribution in [2.45, 2.75) is 25.3 Å². The molecule has 0 aromatic carbocycles. The van der Waals surface area contributed by atoms with Gasteiger partial charge in [-0.1, -0.05) is 0 Å². The summed E-state index contributed by atoms with van der Waals surface area (Å²) < 4.78 is 5.25. The molecule has 0 bridgehead atoms. The number of nitrogens with two attached hydrogens (primary N) is 1. The number of ether oxygens (including phenoxy) is 1. The van der Waals surface area contributed by atoms with Crippen molar-refractivity contribution in [3.8, 4) is 18.1 Å². The first-order chi connectivity index (χ1) is 7.33. The maximum atomic E-state index is 5.52. The van der Waals surface area contributed by atoms with Gasteiger partial charge in [0.25, 0.3) is 0 Å². The van der Waals surface area contributed by atoms with Gasteiger partial charge >= 0.3 is 0 Å². The molecule has 15 heavy (non-hydrogen) atoms. The van der Waals surface area contributed by atoms with Crippen molar-refractivity contribution in [1.29, 1.82) is 0 Å². The number of hydrazine groups is 1. The van der Waals surface area contributed by atoms with E-state index in [1.54, 1.807) is 18.4 Å². The summed E-state index contributed by atoms with van der Waals surface area (Å²) in [5, 5.41) is 2.00. The van der Waals surface area contributed by atoms with E-state index < -0.39 is 0 Å². The molecule has 0 saturated heterocycles. The molecule has 1 heterocycles.